The molecule has 0 aliphatic heterocycles. The van der Waals surface area contributed by atoms with Gasteiger partial charge < -0.3 is 14.8 Å². The Morgan fingerprint density at radius 2 is 2.00 bits per heavy atom. The number of benzene rings is 1. The van der Waals surface area contributed by atoms with Crippen LogP contribution in [0, 0.1) is 6.92 Å². The van der Waals surface area contributed by atoms with Gasteiger partial charge in [-0.25, -0.2) is 0 Å². The molecule has 1 aromatic carbocycles. The monoisotopic (exact) mass is 263 g/mol. The van der Waals surface area contributed by atoms with Gasteiger partial charge in [0.15, 0.2) is 11.5 Å². The van der Waals surface area contributed by atoms with Gasteiger partial charge in [0, 0.05) is 6.04 Å². The van der Waals surface area contributed by atoms with Crippen LogP contribution in [0.5, 0.6) is 11.5 Å². The molecule has 1 saturated carbocycles. The van der Waals surface area contributed by atoms with Crippen LogP contribution in [0.4, 0.5) is 0 Å². The van der Waals surface area contributed by atoms with Crippen molar-refractivity contribution in [1.82, 2.24) is 5.32 Å². The molecular weight excluding hydrogens is 238 g/mol. The van der Waals surface area contributed by atoms with Crippen molar-refractivity contribution in [2.45, 2.75) is 51.7 Å². The highest BCUT2D eigenvalue weighted by Gasteiger charge is 2.26. The SMILES string of the molecule is CCNC1CCCCC1Oc1ccc(C)cc1OC. The number of nitrogens with one attached hydrogen (secondary N) is 1. The van der Waals surface area contributed by atoms with Gasteiger partial charge in [-0.1, -0.05) is 19.4 Å². The van der Waals surface area contributed by atoms with Crippen LogP contribution in [0.2, 0.25) is 0 Å². The maximum absolute atomic E-state index is 6.21. The quantitative estimate of drug-likeness (QED) is 0.884. The van der Waals surface area contributed by atoms with Gasteiger partial charge in [0.05, 0.1) is 7.11 Å². The van der Waals surface area contributed by atoms with E-state index in [1.54, 1.807) is 7.11 Å². The zero-order chi connectivity index (χ0) is 13.7. The van der Waals surface area contributed by atoms with Crippen LogP contribution in [0.15, 0.2) is 18.2 Å². The summed E-state index contributed by atoms with van der Waals surface area (Å²) in [6.07, 6.45) is 5.12. The number of hydrogen-bond donors (Lipinski definition) is 1. The molecule has 1 N–H and O–H groups in total. The van der Waals surface area contributed by atoms with Crippen LogP contribution in [0.3, 0.4) is 0 Å². The Morgan fingerprint density at radius 1 is 1.21 bits per heavy atom. The van der Waals surface area contributed by atoms with Gasteiger partial charge in [-0.15, -0.1) is 0 Å². The highest BCUT2D eigenvalue weighted by Crippen LogP contribution is 2.31. The molecule has 106 valence electrons. The summed E-state index contributed by atoms with van der Waals surface area (Å²) in [5.74, 6) is 1.70. The molecule has 2 rings (SSSR count). The van der Waals surface area contributed by atoms with Gasteiger partial charge in [0.2, 0.25) is 0 Å². The Hall–Kier alpha value is -1.22. The van der Waals surface area contributed by atoms with Crippen LogP contribution in [-0.4, -0.2) is 25.8 Å². The third kappa shape index (κ3) is 3.63. The van der Waals surface area contributed by atoms with E-state index in [2.05, 4.69) is 25.2 Å². The number of likely N-dealkylation sites (N-methyl/N-ethyl adjacent to an activating group) is 1. The van der Waals surface area contributed by atoms with E-state index in [0.29, 0.717) is 6.04 Å². The molecule has 0 amide bonds. The predicted octanol–water partition coefficient (Wildman–Crippen LogP) is 3.30. The Balaban J connectivity index is 2.10. The number of rotatable bonds is 5. The van der Waals surface area contributed by atoms with Gasteiger partial charge in [0.25, 0.3) is 0 Å². The lowest BCUT2D eigenvalue weighted by molar-refractivity contribution is 0.111. The molecule has 1 fully saturated rings. The van der Waals surface area contributed by atoms with Crippen LogP contribution in [0.1, 0.15) is 38.2 Å². The van der Waals surface area contributed by atoms with Crippen molar-refractivity contribution in [2.24, 2.45) is 0 Å². The summed E-state index contributed by atoms with van der Waals surface area (Å²) < 4.78 is 11.6. The van der Waals surface area contributed by atoms with Gasteiger partial charge in [-0.3, -0.25) is 0 Å². The first-order chi connectivity index (χ1) is 9.24. The van der Waals surface area contributed by atoms with Crippen molar-refractivity contribution < 1.29 is 9.47 Å². The van der Waals surface area contributed by atoms with Crippen LogP contribution in [-0.2, 0) is 0 Å². The van der Waals surface area contributed by atoms with E-state index in [4.69, 9.17) is 9.47 Å². The molecular formula is C16H25NO2. The molecule has 0 aromatic heterocycles. The summed E-state index contributed by atoms with van der Waals surface area (Å²) >= 11 is 0. The van der Waals surface area contributed by atoms with Crippen molar-refractivity contribution in [3.8, 4) is 11.5 Å². The summed E-state index contributed by atoms with van der Waals surface area (Å²) in [6.45, 7) is 5.21. The Kier molecular flexibility index (Phi) is 5.08. The molecule has 1 aliphatic carbocycles. The molecule has 0 radical (unpaired) electrons. The van der Waals surface area contributed by atoms with E-state index in [1.807, 2.05) is 12.1 Å². The Labute approximate surface area is 116 Å². The summed E-state index contributed by atoms with van der Waals surface area (Å²) in [5.41, 5.74) is 1.19. The molecule has 19 heavy (non-hydrogen) atoms. The van der Waals surface area contributed by atoms with Gasteiger partial charge >= 0.3 is 0 Å². The van der Waals surface area contributed by atoms with Gasteiger partial charge in [-0.2, -0.15) is 0 Å². The number of ether oxygens (including phenoxy) is 2. The second-order valence-corrected chi connectivity index (χ2v) is 5.26. The van der Waals surface area contributed by atoms with E-state index in [9.17, 15) is 0 Å². The summed E-state index contributed by atoms with van der Waals surface area (Å²) in [4.78, 5) is 0. The molecule has 3 nitrogen and oxygen atoms in total. The molecule has 0 bridgehead atoms. The second kappa shape index (κ2) is 6.80. The van der Waals surface area contributed by atoms with Crippen molar-refractivity contribution in [2.75, 3.05) is 13.7 Å². The largest absolute Gasteiger partial charge is 0.493 e. The molecule has 1 aromatic rings. The van der Waals surface area contributed by atoms with Crippen LogP contribution < -0.4 is 14.8 Å². The smallest absolute Gasteiger partial charge is 0.161 e. The minimum atomic E-state index is 0.255. The Morgan fingerprint density at radius 3 is 2.74 bits per heavy atom. The number of aryl methyl sites for hydroxylation is 1. The first-order valence-electron chi connectivity index (χ1n) is 7.29. The first kappa shape index (κ1) is 14.2. The molecule has 0 spiro atoms. The molecule has 2 unspecified atom stereocenters. The van der Waals surface area contributed by atoms with Crippen molar-refractivity contribution in [3.05, 3.63) is 23.8 Å². The Bertz CT molecular complexity index is 404. The van der Waals surface area contributed by atoms with E-state index >= 15 is 0 Å². The minimum Gasteiger partial charge on any atom is -0.493 e. The zero-order valence-electron chi connectivity index (χ0n) is 12.2. The highest BCUT2D eigenvalue weighted by molar-refractivity contribution is 5.42. The van der Waals surface area contributed by atoms with Crippen LogP contribution in [0.25, 0.3) is 0 Å². The maximum atomic E-state index is 6.21. The fourth-order valence-corrected chi connectivity index (χ4v) is 2.77. The van der Waals surface area contributed by atoms with Gasteiger partial charge in [-0.05, 0) is 50.4 Å². The molecule has 1 aliphatic rings. The normalized spacial score (nSPS) is 23.1. The lowest BCUT2D eigenvalue weighted by atomic mass is 9.92. The predicted molar refractivity (Wildman–Crippen MR) is 78.1 cm³/mol. The van der Waals surface area contributed by atoms with Crippen molar-refractivity contribution in [1.29, 1.82) is 0 Å². The zero-order valence-corrected chi connectivity index (χ0v) is 12.2. The summed E-state index contributed by atoms with van der Waals surface area (Å²) in [5, 5.41) is 3.54. The molecule has 3 heteroatoms. The van der Waals surface area contributed by atoms with E-state index < -0.39 is 0 Å². The lowest BCUT2D eigenvalue weighted by Crippen LogP contribution is -2.45. The van der Waals surface area contributed by atoms with Crippen molar-refractivity contribution in [3.63, 3.8) is 0 Å². The van der Waals surface area contributed by atoms with Gasteiger partial charge in [0.1, 0.15) is 6.10 Å². The lowest BCUT2D eigenvalue weighted by Gasteiger charge is -2.32. The second-order valence-electron chi connectivity index (χ2n) is 5.26. The number of methoxy groups -OCH3 is 1. The minimum absolute atomic E-state index is 0.255. The topological polar surface area (TPSA) is 30.5 Å². The number of hydrogen-bond acceptors (Lipinski definition) is 3. The molecule has 0 saturated heterocycles. The fraction of sp³-hybridized carbons (Fsp3) is 0.625. The van der Waals surface area contributed by atoms with Crippen LogP contribution >= 0.6 is 0 Å². The highest BCUT2D eigenvalue weighted by atomic mass is 16.5. The fourth-order valence-electron chi connectivity index (χ4n) is 2.77. The average Bonchev–Trinajstić information content (AvgIpc) is 2.43. The van der Waals surface area contributed by atoms with E-state index in [1.165, 1.54) is 24.8 Å². The van der Waals surface area contributed by atoms with Crippen molar-refractivity contribution >= 4 is 0 Å². The summed E-state index contributed by atoms with van der Waals surface area (Å²) in [7, 11) is 1.70. The first-order valence-corrected chi connectivity index (χ1v) is 7.29. The molecule has 2 atom stereocenters. The van der Waals surface area contributed by atoms with E-state index in [0.717, 1.165) is 24.5 Å². The standard InChI is InChI=1S/C16H25NO2/c1-4-17-13-7-5-6-8-14(13)19-15-10-9-12(2)11-16(15)18-3/h9-11,13-14,17H,4-8H2,1-3H3. The van der Waals surface area contributed by atoms with E-state index in [-0.39, 0.29) is 6.10 Å². The molecule has 0 heterocycles. The maximum Gasteiger partial charge on any atom is 0.161 e. The third-order valence-electron chi connectivity index (χ3n) is 3.77. The average molecular weight is 263 g/mol. The third-order valence-corrected chi connectivity index (χ3v) is 3.77. The summed E-state index contributed by atoms with van der Waals surface area (Å²) in [6, 6.07) is 6.58.